The number of piperidine rings is 1. The predicted molar refractivity (Wildman–Crippen MR) is 120 cm³/mol. The van der Waals surface area contributed by atoms with E-state index in [9.17, 15) is 14.7 Å². The van der Waals surface area contributed by atoms with Gasteiger partial charge in [0, 0.05) is 19.5 Å². The summed E-state index contributed by atoms with van der Waals surface area (Å²) in [5.74, 6) is -0.513. The van der Waals surface area contributed by atoms with Gasteiger partial charge in [0.1, 0.15) is 5.75 Å². The molecule has 7 heteroatoms. The van der Waals surface area contributed by atoms with Gasteiger partial charge in [-0.3, -0.25) is 4.79 Å². The number of hydrogen-bond donors (Lipinski definition) is 1. The van der Waals surface area contributed by atoms with Crippen molar-refractivity contribution in [3.05, 3.63) is 54.1 Å². The Morgan fingerprint density at radius 2 is 2.03 bits per heavy atom. The highest BCUT2D eigenvalue weighted by Gasteiger charge is 2.18. The fraction of sp³-hybridized carbons (Fsp3) is 0.458. The van der Waals surface area contributed by atoms with Crippen LogP contribution in [0.3, 0.4) is 0 Å². The van der Waals surface area contributed by atoms with Gasteiger partial charge in [-0.2, -0.15) is 0 Å². The normalized spacial score (nSPS) is 14.5. The highest BCUT2D eigenvalue weighted by atomic mass is 16.6. The minimum Gasteiger partial charge on any atom is -0.508 e. The van der Waals surface area contributed by atoms with Crippen LogP contribution in [0.2, 0.25) is 0 Å². The summed E-state index contributed by atoms with van der Waals surface area (Å²) < 4.78 is 5.26. The second-order valence-corrected chi connectivity index (χ2v) is 7.34. The number of hydrogen-bond acceptors (Lipinski definition) is 6. The third-order valence-corrected chi connectivity index (χ3v) is 4.86. The van der Waals surface area contributed by atoms with Crippen molar-refractivity contribution in [1.82, 2.24) is 4.90 Å². The maximum atomic E-state index is 12.4. The van der Waals surface area contributed by atoms with Gasteiger partial charge in [-0.1, -0.05) is 24.2 Å². The Morgan fingerprint density at radius 1 is 1.26 bits per heavy atom. The lowest BCUT2D eigenvalue weighted by Crippen LogP contribution is -2.37. The molecule has 0 atom stereocenters. The maximum absolute atomic E-state index is 12.4. The summed E-state index contributed by atoms with van der Waals surface area (Å²) in [5, 5.41) is 14.0. The Hall–Kier alpha value is -3.09. The molecule has 1 aromatic carbocycles. The number of carbonyl (C=O) groups excluding carboxylic acids is 2. The fourth-order valence-electron chi connectivity index (χ4n) is 3.21. The van der Waals surface area contributed by atoms with Crippen LogP contribution >= 0.6 is 0 Å². The lowest BCUT2D eigenvalue weighted by atomic mass is 10.0. The third-order valence-electron chi connectivity index (χ3n) is 4.86. The minimum absolute atomic E-state index is 0.0395. The van der Waals surface area contributed by atoms with Crippen molar-refractivity contribution in [2.24, 2.45) is 5.16 Å². The van der Waals surface area contributed by atoms with E-state index < -0.39 is 5.97 Å². The van der Waals surface area contributed by atoms with Crippen molar-refractivity contribution in [2.75, 3.05) is 26.3 Å². The van der Waals surface area contributed by atoms with Gasteiger partial charge in [0.2, 0.25) is 0 Å². The summed E-state index contributed by atoms with van der Waals surface area (Å²) in [5.41, 5.74) is 1.46. The number of aromatic hydroxyl groups is 1. The molecule has 1 aliphatic heterocycles. The van der Waals surface area contributed by atoms with E-state index in [-0.39, 0.29) is 31.3 Å². The molecule has 0 saturated carbocycles. The summed E-state index contributed by atoms with van der Waals surface area (Å²) in [7, 11) is 0. The summed E-state index contributed by atoms with van der Waals surface area (Å²) in [6, 6.07) is 4.49. The van der Waals surface area contributed by atoms with Crippen molar-refractivity contribution >= 4 is 17.6 Å². The Morgan fingerprint density at radius 3 is 2.74 bits per heavy atom. The molecule has 1 saturated heterocycles. The number of phenolic OH excluding ortho intramolecular Hbond substituents is 1. The van der Waals surface area contributed by atoms with E-state index in [0.717, 1.165) is 38.8 Å². The first-order valence-corrected chi connectivity index (χ1v) is 10.8. The van der Waals surface area contributed by atoms with E-state index in [4.69, 9.17) is 9.57 Å². The van der Waals surface area contributed by atoms with Crippen molar-refractivity contribution < 1.29 is 24.3 Å². The molecule has 0 spiro atoms. The SMILES string of the molecule is C=CCCOC(=O)c1ccc(O)cc1CC(/C=C/CC)=N/OCC(=O)N1CCCCC1. The van der Waals surface area contributed by atoms with Crippen LogP contribution in [0.4, 0.5) is 0 Å². The Balaban J connectivity index is 2.10. The summed E-state index contributed by atoms with van der Waals surface area (Å²) in [4.78, 5) is 31.9. The molecule has 1 N–H and O–H groups in total. The number of oxime groups is 1. The van der Waals surface area contributed by atoms with E-state index in [1.54, 1.807) is 17.1 Å². The number of benzene rings is 1. The lowest BCUT2D eigenvalue weighted by molar-refractivity contribution is -0.137. The molecule has 0 radical (unpaired) electrons. The number of phenols is 1. The Bertz CT molecular complexity index is 810. The second kappa shape index (κ2) is 13.3. The van der Waals surface area contributed by atoms with Gasteiger partial charge in [0.15, 0.2) is 6.61 Å². The van der Waals surface area contributed by atoms with Crippen molar-refractivity contribution in [2.45, 2.75) is 45.4 Å². The number of esters is 1. The van der Waals surface area contributed by atoms with Crippen LogP contribution in [-0.4, -0.2) is 53.9 Å². The van der Waals surface area contributed by atoms with Crippen LogP contribution < -0.4 is 0 Å². The summed E-state index contributed by atoms with van der Waals surface area (Å²) in [6.45, 7) is 7.23. The number of likely N-dealkylation sites (tertiary alicyclic amines) is 1. The molecule has 0 bridgehead atoms. The van der Waals surface area contributed by atoms with Gasteiger partial charge in [0.25, 0.3) is 5.91 Å². The molecular weight excluding hydrogens is 396 g/mol. The second-order valence-electron chi connectivity index (χ2n) is 7.34. The molecule has 0 unspecified atom stereocenters. The molecule has 1 amide bonds. The van der Waals surface area contributed by atoms with Crippen LogP contribution in [0.5, 0.6) is 5.75 Å². The van der Waals surface area contributed by atoms with Crippen LogP contribution in [-0.2, 0) is 20.8 Å². The first-order chi connectivity index (χ1) is 15.0. The van der Waals surface area contributed by atoms with Gasteiger partial charge >= 0.3 is 5.97 Å². The van der Waals surface area contributed by atoms with E-state index in [1.807, 2.05) is 13.0 Å². The number of carbonyl (C=O) groups is 2. The van der Waals surface area contributed by atoms with E-state index in [1.165, 1.54) is 18.2 Å². The molecule has 168 valence electrons. The van der Waals surface area contributed by atoms with Gasteiger partial charge in [-0.05, 0) is 61.9 Å². The van der Waals surface area contributed by atoms with Crippen LogP contribution in [0, 0.1) is 0 Å². The monoisotopic (exact) mass is 428 g/mol. The van der Waals surface area contributed by atoms with Gasteiger partial charge in [-0.15, -0.1) is 6.58 Å². The zero-order valence-corrected chi connectivity index (χ0v) is 18.2. The molecule has 7 nitrogen and oxygen atoms in total. The van der Waals surface area contributed by atoms with Crippen LogP contribution in [0.15, 0.2) is 48.2 Å². The molecule has 0 aliphatic carbocycles. The molecular formula is C24H32N2O5. The highest BCUT2D eigenvalue weighted by molar-refractivity contribution is 5.99. The summed E-state index contributed by atoms with van der Waals surface area (Å²) in [6.07, 6.45) is 10.2. The first-order valence-electron chi connectivity index (χ1n) is 10.8. The zero-order chi connectivity index (χ0) is 22.5. The first kappa shape index (κ1) is 24.2. The average molecular weight is 429 g/mol. The summed E-state index contributed by atoms with van der Waals surface area (Å²) >= 11 is 0. The topological polar surface area (TPSA) is 88.4 Å². The fourth-order valence-corrected chi connectivity index (χ4v) is 3.21. The highest BCUT2D eigenvalue weighted by Crippen LogP contribution is 2.19. The lowest BCUT2D eigenvalue weighted by Gasteiger charge is -2.26. The zero-order valence-electron chi connectivity index (χ0n) is 18.2. The van der Waals surface area contributed by atoms with Crippen LogP contribution in [0.25, 0.3) is 0 Å². The molecule has 31 heavy (non-hydrogen) atoms. The van der Waals surface area contributed by atoms with Gasteiger partial charge < -0.3 is 19.6 Å². The van der Waals surface area contributed by atoms with E-state index in [2.05, 4.69) is 11.7 Å². The quantitative estimate of drug-likeness (QED) is 0.189. The number of ether oxygens (including phenoxy) is 1. The van der Waals surface area contributed by atoms with Crippen molar-refractivity contribution in [3.63, 3.8) is 0 Å². The number of rotatable bonds is 11. The molecule has 1 aromatic rings. The molecule has 1 fully saturated rings. The number of amides is 1. The molecule has 0 aromatic heterocycles. The third kappa shape index (κ3) is 8.28. The van der Waals surface area contributed by atoms with Crippen molar-refractivity contribution in [3.8, 4) is 5.75 Å². The predicted octanol–water partition coefficient (Wildman–Crippen LogP) is 4.02. The molecule has 1 heterocycles. The molecule has 2 rings (SSSR count). The standard InChI is InChI=1S/C24H32N2O5/c1-3-5-10-20(25-31-18-23(28)26-13-8-7-9-14-26)16-19-17-21(27)11-12-22(19)24(29)30-15-6-4-2/h4-5,10-12,17,27H,2-3,6-9,13-16,18H2,1H3/b10-5+,25-20+. The number of nitrogens with zero attached hydrogens (tertiary/aromatic N) is 2. The largest absolute Gasteiger partial charge is 0.508 e. The molecule has 1 aliphatic rings. The maximum Gasteiger partial charge on any atom is 0.338 e. The van der Waals surface area contributed by atoms with Crippen LogP contribution in [0.1, 0.15) is 54.9 Å². The van der Waals surface area contributed by atoms with Gasteiger partial charge in [-0.25, -0.2) is 4.79 Å². The van der Waals surface area contributed by atoms with E-state index in [0.29, 0.717) is 23.3 Å². The smallest absolute Gasteiger partial charge is 0.338 e. The van der Waals surface area contributed by atoms with Gasteiger partial charge in [0.05, 0.1) is 17.9 Å². The Labute approximate surface area is 184 Å². The minimum atomic E-state index is -0.475. The average Bonchev–Trinajstić information content (AvgIpc) is 2.78. The van der Waals surface area contributed by atoms with Crippen molar-refractivity contribution in [1.29, 1.82) is 0 Å². The Kier molecular flexibility index (Phi) is 10.3. The van der Waals surface area contributed by atoms with E-state index >= 15 is 0 Å². The number of allylic oxidation sites excluding steroid dienone is 2.